The molecule has 0 aromatic heterocycles. The second-order valence-electron chi connectivity index (χ2n) is 3.95. The minimum absolute atomic E-state index is 0.0235. The minimum atomic E-state index is -0.486. The van der Waals surface area contributed by atoms with Gasteiger partial charge in [-0.1, -0.05) is 6.08 Å². The SMILES string of the molecule is C/C(=C/[C@H]1COC(C)(C)O1)[C@H](C)O. The van der Waals surface area contributed by atoms with E-state index in [0.717, 1.165) is 5.57 Å². The van der Waals surface area contributed by atoms with Crippen LogP contribution in [0.15, 0.2) is 11.6 Å². The predicted molar refractivity (Wildman–Crippen MR) is 50.3 cm³/mol. The van der Waals surface area contributed by atoms with Crippen LogP contribution >= 0.6 is 0 Å². The van der Waals surface area contributed by atoms with E-state index in [9.17, 15) is 5.11 Å². The molecule has 3 nitrogen and oxygen atoms in total. The number of aliphatic hydroxyl groups excluding tert-OH is 1. The van der Waals surface area contributed by atoms with Crippen LogP contribution < -0.4 is 0 Å². The summed E-state index contributed by atoms with van der Waals surface area (Å²) in [5.41, 5.74) is 0.923. The van der Waals surface area contributed by atoms with Crippen molar-refractivity contribution in [3.63, 3.8) is 0 Å². The maximum Gasteiger partial charge on any atom is 0.163 e. The van der Waals surface area contributed by atoms with Crippen LogP contribution in [0.25, 0.3) is 0 Å². The Morgan fingerprint density at radius 2 is 2.23 bits per heavy atom. The summed E-state index contributed by atoms with van der Waals surface area (Å²) in [6.45, 7) is 7.97. The lowest BCUT2D eigenvalue weighted by Gasteiger charge is -2.16. The molecule has 1 aliphatic heterocycles. The van der Waals surface area contributed by atoms with E-state index in [4.69, 9.17) is 9.47 Å². The van der Waals surface area contributed by atoms with Crippen molar-refractivity contribution in [2.24, 2.45) is 0 Å². The average Bonchev–Trinajstić information content (AvgIpc) is 2.30. The number of rotatable bonds is 2. The van der Waals surface area contributed by atoms with Crippen molar-refractivity contribution < 1.29 is 14.6 Å². The lowest BCUT2D eigenvalue weighted by molar-refractivity contribution is -0.133. The summed E-state index contributed by atoms with van der Waals surface area (Å²) in [6.07, 6.45) is 1.48. The monoisotopic (exact) mass is 186 g/mol. The molecule has 0 saturated carbocycles. The number of aliphatic hydroxyl groups is 1. The first-order valence-corrected chi connectivity index (χ1v) is 4.59. The Labute approximate surface area is 79.3 Å². The molecule has 1 N–H and O–H groups in total. The summed E-state index contributed by atoms with van der Waals surface area (Å²) in [4.78, 5) is 0. The standard InChI is InChI=1S/C10H18O3/c1-7(8(2)11)5-9-6-12-10(3,4)13-9/h5,8-9,11H,6H2,1-4H3/b7-5-/t8-,9-/m0/s1. The van der Waals surface area contributed by atoms with Gasteiger partial charge in [0, 0.05) is 0 Å². The smallest absolute Gasteiger partial charge is 0.163 e. The zero-order chi connectivity index (χ0) is 10.1. The second kappa shape index (κ2) is 3.78. The third kappa shape index (κ3) is 3.10. The molecule has 0 aromatic rings. The van der Waals surface area contributed by atoms with Crippen LogP contribution in [0.5, 0.6) is 0 Å². The number of hydrogen-bond donors (Lipinski definition) is 1. The van der Waals surface area contributed by atoms with E-state index >= 15 is 0 Å². The highest BCUT2D eigenvalue weighted by Crippen LogP contribution is 2.23. The van der Waals surface area contributed by atoms with Crippen LogP contribution in [0.1, 0.15) is 27.7 Å². The third-order valence-corrected chi connectivity index (χ3v) is 2.14. The van der Waals surface area contributed by atoms with Gasteiger partial charge in [-0.3, -0.25) is 0 Å². The molecule has 0 amide bonds. The first-order valence-electron chi connectivity index (χ1n) is 4.59. The average molecular weight is 186 g/mol. The van der Waals surface area contributed by atoms with Crippen molar-refractivity contribution in [3.8, 4) is 0 Å². The van der Waals surface area contributed by atoms with Crippen LogP contribution in [0, 0.1) is 0 Å². The van der Waals surface area contributed by atoms with E-state index in [0.29, 0.717) is 6.61 Å². The Hall–Kier alpha value is -0.380. The van der Waals surface area contributed by atoms with Gasteiger partial charge in [0.25, 0.3) is 0 Å². The molecule has 0 bridgehead atoms. The first kappa shape index (κ1) is 10.7. The Kier molecular flexibility index (Phi) is 3.11. The van der Waals surface area contributed by atoms with Crippen molar-refractivity contribution in [2.45, 2.75) is 45.7 Å². The molecule has 0 unspecified atom stereocenters. The minimum Gasteiger partial charge on any atom is -0.389 e. The highest BCUT2D eigenvalue weighted by Gasteiger charge is 2.31. The molecule has 76 valence electrons. The fourth-order valence-corrected chi connectivity index (χ4v) is 1.23. The van der Waals surface area contributed by atoms with Gasteiger partial charge in [0.2, 0.25) is 0 Å². The van der Waals surface area contributed by atoms with Crippen LogP contribution in [-0.2, 0) is 9.47 Å². The molecule has 1 saturated heterocycles. The highest BCUT2D eigenvalue weighted by atomic mass is 16.7. The van der Waals surface area contributed by atoms with E-state index in [1.807, 2.05) is 26.8 Å². The van der Waals surface area contributed by atoms with Crippen molar-refractivity contribution >= 4 is 0 Å². The quantitative estimate of drug-likeness (QED) is 0.664. The van der Waals surface area contributed by atoms with Crippen molar-refractivity contribution in [2.75, 3.05) is 6.61 Å². The van der Waals surface area contributed by atoms with Gasteiger partial charge in [0.1, 0.15) is 6.10 Å². The number of hydrogen-bond acceptors (Lipinski definition) is 3. The fourth-order valence-electron chi connectivity index (χ4n) is 1.23. The van der Waals surface area contributed by atoms with Crippen LogP contribution in [-0.4, -0.2) is 29.7 Å². The second-order valence-corrected chi connectivity index (χ2v) is 3.95. The molecule has 1 aliphatic rings. The van der Waals surface area contributed by atoms with Gasteiger partial charge in [-0.25, -0.2) is 0 Å². The summed E-state index contributed by atoms with van der Waals surface area (Å²) in [7, 11) is 0. The first-order chi connectivity index (χ1) is 5.91. The maximum absolute atomic E-state index is 9.25. The van der Waals surface area contributed by atoms with E-state index in [2.05, 4.69) is 0 Å². The molecule has 0 aliphatic carbocycles. The Balaban J connectivity index is 2.53. The molecule has 13 heavy (non-hydrogen) atoms. The highest BCUT2D eigenvalue weighted by molar-refractivity contribution is 5.07. The van der Waals surface area contributed by atoms with Gasteiger partial charge in [0.05, 0.1) is 12.7 Å². The topological polar surface area (TPSA) is 38.7 Å². The van der Waals surface area contributed by atoms with Gasteiger partial charge in [-0.05, 0) is 33.3 Å². The maximum atomic E-state index is 9.25. The molecule has 2 atom stereocenters. The largest absolute Gasteiger partial charge is 0.389 e. The summed E-state index contributed by atoms with van der Waals surface area (Å²) < 4.78 is 10.9. The lowest BCUT2D eigenvalue weighted by Crippen LogP contribution is -2.21. The lowest BCUT2D eigenvalue weighted by atomic mass is 10.1. The Morgan fingerprint density at radius 3 is 2.62 bits per heavy atom. The molecular weight excluding hydrogens is 168 g/mol. The predicted octanol–water partition coefficient (Wildman–Crippen LogP) is 1.47. The summed E-state index contributed by atoms with van der Waals surface area (Å²) in [5.74, 6) is -0.486. The Bertz CT molecular complexity index is 206. The molecule has 0 radical (unpaired) electrons. The molecule has 1 heterocycles. The molecule has 1 fully saturated rings. The van der Waals surface area contributed by atoms with Crippen molar-refractivity contribution in [3.05, 3.63) is 11.6 Å². The van der Waals surface area contributed by atoms with Gasteiger partial charge >= 0.3 is 0 Å². The molecule has 0 spiro atoms. The van der Waals surface area contributed by atoms with Crippen molar-refractivity contribution in [1.29, 1.82) is 0 Å². The zero-order valence-corrected chi connectivity index (χ0v) is 8.70. The van der Waals surface area contributed by atoms with E-state index in [1.54, 1.807) is 6.92 Å². The molecule has 0 aromatic carbocycles. The van der Waals surface area contributed by atoms with E-state index in [-0.39, 0.29) is 6.10 Å². The van der Waals surface area contributed by atoms with Crippen LogP contribution in [0.3, 0.4) is 0 Å². The molecular formula is C10H18O3. The molecule has 3 heteroatoms. The van der Waals surface area contributed by atoms with Gasteiger partial charge in [0.15, 0.2) is 5.79 Å². The third-order valence-electron chi connectivity index (χ3n) is 2.14. The van der Waals surface area contributed by atoms with E-state index < -0.39 is 11.9 Å². The Morgan fingerprint density at radius 1 is 1.62 bits per heavy atom. The van der Waals surface area contributed by atoms with Gasteiger partial charge in [-0.15, -0.1) is 0 Å². The van der Waals surface area contributed by atoms with Crippen LogP contribution in [0.2, 0.25) is 0 Å². The normalized spacial score (nSPS) is 30.5. The number of ether oxygens (including phenoxy) is 2. The summed E-state index contributed by atoms with van der Waals surface area (Å²) in [6, 6.07) is 0. The zero-order valence-electron chi connectivity index (χ0n) is 8.70. The van der Waals surface area contributed by atoms with Gasteiger partial charge in [-0.2, -0.15) is 0 Å². The van der Waals surface area contributed by atoms with E-state index in [1.165, 1.54) is 0 Å². The summed E-state index contributed by atoms with van der Waals surface area (Å²) in [5, 5.41) is 9.25. The summed E-state index contributed by atoms with van der Waals surface area (Å²) >= 11 is 0. The van der Waals surface area contributed by atoms with Gasteiger partial charge < -0.3 is 14.6 Å². The van der Waals surface area contributed by atoms with Crippen molar-refractivity contribution in [1.82, 2.24) is 0 Å². The molecule has 1 rings (SSSR count). The van der Waals surface area contributed by atoms with Crippen LogP contribution in [0.4, 0.5) is 0 Å². The fraction of sp³-hybridized carbons (Fsp3) is 0.800.